The summed E-state index contributed by atoms with van der Waals surface area (Å²) in [5.41, 5.74) is 2.28. The second-order valence-corrected chi connectivity index (χ2v) is 8.04. The van der Waals surface area contributed by atoms with Crippen LogP contribution in [0.1, 0.15) is 12.0 Å². The number of hydrogen-bond acceptors (Lipinski definition) is 7. The highest BCUT2D eigenvalue weighted by molar-refractivity contribution is 5.80. The van der Waals surface area contributed by atoms with E-state index in [0.717, 1.165) is 43.2 Å². The highest BCUT2D eigenvalue weighted by Crippen LogP contribution is 2.26. The quantitative estimate of drug-likeness (QED) is 0.628. The highest BCUT2D eigenvalue weighted by atomic mass is 16.3. The van der Waals surface area contributed by atoms with Crippen molar-refractivity contribution in [3.63, 3.8) is 0 Å². The fraction of sp³-hybridized carbons (Fsp3) is 0.476. The summed E-state index contributed by atoms with van der Waals surface area (Å²) in [5, 5.41) is 14.8. The van der Waals surface area contributed by atoms with Crippen LogP contribution in [-0.2, 0) is 13.5 Å². The number of aryl methyl sites for hydroxylation is 1. The van der Waals surface area contributed by atoms with Crippen molar-refractivity contribution < 1.29 is 5.11 Å². The number of hydrogen-bond donors (Lipinski definition) is 2. The molecule has 2 atom stereocenters. The Kier molecular flexibility index (Phi) is 5.64. The fourth-order valence-electron chi connectivity index (χ4n) is 4.19. The molecule has 0 bridgehead atoms. The minimum atomic E-state index is -0.314. The van der Waals surface area contributed by atoms with E-state index in [4.69, 9.17) is 0 Å². The lowest BCUT2D eigenvalue weighted by molar-refractivity contribution is 0.191. The minimum absolute atomic E-state index is 0.255. The molecule has 0 aliphatic carbocycles. The fourth-order valence-corrected chi connectivity index (χ4v) is 4.19. The van der Waals surface area contributed by atoms with Gasteiger partial charge in [-0.25, -0.2) is 15.0 Å². The normalized spacial score (nSPS) is 19.4. The number of aromatic nitrogens is 4. The number of fused-ring (bicyclic) bond motifs is 1. The molecular weight excluding hydrogens is 366 g/mol. The SMILES string of the molecule is CN(C)C[C@H]1C[C@@H](O)CN1c1cc(NCCc2cn(C)c3ncccc23)ncn1. The first-order valence-electron chi connectivity index (χ1n) is 10.1. The van der Waals surface area contributed by atoms with Crippen LogP contribution in [0.2, 0.25) is 0 Å². The van der Waals surface area contributed by atoms with Gasteiger partial charge in [0.25, 0.3) is 0 Å². The van der Waals surface area contributed by atoms with E-state index in [1.807, 2.05) is 25.4 Å². The van der Waals surface area contributed by atoms with Gasteiger partial charge < -0.3 is 24.8 Å². The van der Waals surface area contributed by atoms with Gasteiger partial charge in [0, 0.05) is 56.6 Å². The Hall–Kier alpha value is -2.71. The van der Waals surface area contributed by atoms with Crippen LogP contribution in [0.3, 0.4) is 0 Å². The first-order valence-corrected chi connectivity index (χ1v) is 10.1. The maximum atomic E-state index is 10.1. The second kappa shape index (κ2) is 8.34. The smallest absolute Gasteiger partial charge is 0.139 e. The maximum Gasteiger partial charge on any atom is 0.139 e. The number of rotatable bonds is 7. The number of aliphatic hydroxyl groups is 1. The van der Waals surface area contributed by atoms with Gasteiger partial charge in [0.15, 0.2) is 0 Å². The van der Waals surface area contributed by atoms with Gasteiger partial charge in [0.05, 0.1) is 6.10 Å². The van der Waals surface area contributed by atoms with Crippen molar-refractivity contribution in [2.45, 2.75) is 25.0 Å². The van der Waals surface area contributed by atoms with E-state index in [2.05, 4.69) is 61.0 Å². The summed E-state index contributed by atoms with van der Waals surface area (Å²) in [7, 11) is 6.13. The van der Waals surface area contributed by atoms with Crippen molar-refractivity contribution in [1.29, 1.82) is 0 Å². The third kappa shape index (κ3) is 4.33. The first-order chi connectivity index (χ1) is 14.0. The van der Waals surface area contributed by atoms with Gasteiger partial charge in [0.2, 0.25) is 0 Å². The van der Waals surface area contributed by atoms with Crippen molar-refractivity contribution >= 4 is 22.7 Å². The molecule has 0 amide bonds. The molecule has 29 heavy (non-hydrogen) atoms. The number of nitrogens with one attached hydrogen (secondary N) is 1. The molecule has 4 rings (SSSR count). The monoisotopic (exact) mass is 395 g/mol. The predicted molar refractivity (Wildman–Crippen MR) is 115 cm³/mol. The minimum Gasteiger partial charge on any atom is -0.391 e. The molecule has 1 fully saturated rings. The average molecular weight is 396 g/mol. The van der Waals surface area contributed by atoms with Crippen molar-refractivity contribution in [1.82, 2.24) is 24.4 Å². The van der Waals surface area contributed by atoms with Crippen LogP contribution in [0.25, 0.3) is 11.0 Å². The van der Waals surface area contributed by atoms with E-state index in [1.54, 1.807) is 6.33 Å². The Morgan fingerprint density at radius 1 is 1.28 bits per heavy atom. The van der Waals surface area contributed by atoms with E-state index >= 15 is 0 Å². The van der Waals surface area contributed by atoms with E-state index in [0.29, 0.717) is 6.54 Å². The number of likely N-dealkylation sites (N-methyl/N-ethyl adjacent to an activating group) is 1. The zero-order chi connectivity index (χ0) is 20.4. The van der Waals surface area contributed by atoms with Crippen LogP contribution in [-0.4, -0.2) is 75.4 Å². The molecule has 0 saturated carbocycles. The Bertz CT molecular complexity index is 971. The molecule has 8 heteroatoms. The van der Waals surface area contributed by atoms with E-state index in [1.165, 1.54) is 10.9 Å². The van der Waals surface area contributed by atoms with Gasteiger partial charge >= 0.3 is 0 Å². The molecule has 0 unspecified atom stereocenters. The molecule has 3 aromatic heterocycles. The van der Waals surface area contributed by atoms with Crippen molar-refractivity contribution in [3.8, 4) is 0 Å². The van der Waals surface area contributed by atoms with Crippen LogP contribution in [0.4, 0.5) is 11.6 Å². The Labute approximate surface area is 171 Å². The highest BCUT2D eigenvalue weighted by Gasteiger charge is 2.32. The predicted octanol–water partition coefficient (Wildman–Crippen LogP) is 1.52. The Morgan fingerprint density at radius 2 is 2.14 bits per heavy atom. The third-order valence-corrected chi connectivity index (χ3v) is 5.43. The lowest BCUT2D eigenvalue weighted by Crippen LogP contribution is -2.38. The van der Waals surface area contributed by atoms with Gasteiger partial charge in [0.1, 0.15) is 23.6 Å². The largest absolute Gasteiger partial charge is 0.391 e. The lowest BCUT2D eigenvalue weighted by atomic mass is 10.1. The molecule has 0 spiro atoms. The summed E-state index contributed by atoms with van der Waals surface area (Å²) in [6, 6.07) is 6.32. The zero-order valence-corrected chi connectivity index (χ0v) is 17.3. The van der Waals surface area contributed by atoms with Crippen molar-refractivity contribution in [2.24, 2.45) is 7.05 Å². The second-order valence-electron chi connectivity index (χ2n) is 8.04. The van der Waals surface area contributed by atoms with E-state index < -0.39 is 0 Å². The molecule has 2 N–H and O–H groups in total. The van der Waals surface area contributed by atoms with Crippen molar-refractivity contribution in [2.75, 3.05) is 43.9 Å². The first kappa shape index (κ1) is 19.6. The maximum absolute atomic E-state index is 10.1. The lowest BCUT2D eigenvalue weighted by Gasteiger charge is -2.27. The van der Waals surface area contributed by atoms with Crippen LogP contribution in [0, 0.1) is 0 Å². The number of nitrogens with zero attached hydrogens (tertiary/aromatic N) is 6. The molecular formula is C21H29N7O. The van der Waals surface area contributed by atoms with Gasteiger partial charge in [-0.15, -0.1) is 0 Å². The Balaban J connectivity index is 1.42. The Morgan fingerprint density at radius 3 is 2.97 bits per heavy atom. The summed E-state index contributed by atoms with van der Waals surface area (Å²) in [5.74, 6) is 1.67. The zero-order valence-electron chi connectivity index (χ0n) is 17.3. The summed E-state index contributed by atoms with van der Waals surface area (Å²) in [6.45, 7) is 2.27. The average Bonchev–Trinajstić information content (AvgIpc) is 3.22. The summed E-state index contributed by atoms with van der Waals surface area (Å²) >= 11 is 0. The van der Waals surface area contributed by atoms with Gasteiger partial charge in [-0.3, -0.25) is 0 Å². The molecule has 4 heterocycles. The van der Waals surface area contributed by atoms with E-state index in [9.17, 15) is 5.11 Å². The molecule has 1 aliphatic heterocycles. The number of aliphatic hydroxyl groups excluding tert-OH is 1. The van der Waals surface area contributed by atoms with Crippen LogP contribution in [0.5, 0.6) is 0 Å². The molecule has 1 aliphatic rings. The van der Waals surface area contributed by atoms with E-state index in [-0.39, 0.29) is 12.1 Å². The summed E-state index contributed by atoms with van der Waals surface area (Å²) in [6.07, 6.45) is 6.89. The summed E-state index contributed by atoms with van der Waals surface area (Å²) in [4.78, 5) is 17.6. The van der Waals surface area contributed by atoms with Gasteiger partial charge in [-0.2, -0.15) is 0 Å². The molecule has 0 radical (unpaired) electrons. The van der Waals surface area contributed by atoms with Crippen LogP contribution in [0.15, 0.2) is 36.9 Å². The molecule has 3 aromatic rings. The van der Waals surface area contributed by atoms with Gasteiger partial charge in [-0.1, -0.05) is 0 Å². The van der Waals surface area contributed by atoms with Gasteiger partial charge in [-0.05, 0) is 44.6 Å². The topological polar surface area (TPSA) is 82.3 Å². The van der Waals surface area contributed by atoms with Crippen LogP contribution < -0.4 is 10.2 Å². The van der Waals surface area contributed by atoms with Crippen LogP contribution >= 0.6 is 0 Å². The molecule has 0 aromatic carbocycles. The number of pyridine rings is 1. The van der Waals surface area contributed by atoms with Crippen molar-refractivity contribution in [3.05, 3.63) is 42.5 Å². The molecule has 154 valence electrons. The number of anilines is 2. The molecule has 8 nitrogen and oxygen atoms in total. The molecule has 1 saturated heterocycles. The standard InChI is InChI=1S/C21H29N7O/c1-26(2)12-16-9-17(29)13-28(16)20-10-19(24-14-25-20)22-8-6-15-11-27(3)21-18(15)5-4-7-23-21/h4-5,7,10-11,14,16-17,29H,6,8-9,12-13H2,1-3H3,(H,22,24,25)/t16-,17-/m1/s1. The third-order valence-electron chi connectivity index (χ3n) is 5.43. The summed E-state index contributed by atoms with van der Waals surface area (Å²) < 4.78 is 2.07. The number of β-amino-alcohol motifs (C(OH)–C–C–N with tert-alkyl or cyclic N) is 1.